The van der Waals surface area contributed by atoms with Crippen LogP contribution in [0.5, 0.6) is 0 Å². The molecule has 0 saturated heterocycles. The smallest absolute Gasteiger partial charge is 0.223 e. The van der Waals surface area contributed by atoms with E-state index in [9.17, 15) is 0 Å². The Labute approximate surface area is 57.9 Å². The minimum atomic E-state index is 0.0657. The summed E-state index contributed by atoms with van der Waals surface area (Å²) in [6.45, 7) is 0. The quantitative estimate of drug-likeness (QED) is 0.416. The fourth-order valence-electron chi connectivity index (χ4n) is 0.281. The summed E-state index contributed by atoms with van der Waals surface area (Å²) in [6.07, 6.45) is 1.25. The molecule has 0 N–H and O–H groups in total. The molecule has 1 rings (SSSR count). The summed E-state index contributed by atoms with van der Waals surface area (Å²) in [5, 5.41) is 0.144. The molecule has 42 valence electrons. The Morgan fingerprint density at radius 1 is 1.62 bits per heavy atom. The summed E-state index contributed by atoms with van der Waals surface area (Å²) in [7, 11) is 0. The molecule has 0 saturated carbocycles. The highest BCUT2D eigenvalue weighted by atomic mass is 35.5. The van der Waals surface area contributed by atoms with Crippen molar-refractivity contribution in [2.45, 2.75) is 0 Å². The maximum Gasteiger partial charge on any atom is 0.223 e. The minimum Gasteiger partial charge on any atom is -0.226 e. The van der Waals surface area contributed by atoms with E-state index in [1.807, 2.05) is 0 Å². The number of halogens is 2. The van der Waals surface area contributed by atoms with Gasteiger partial charge in [0.25, 0.3) is 0 Å². The molecule has 0 aliphatic heterocycles. The molecule has 0 bridgehead atoms. The monoisotopic (exact) mass is 149 g/mol. The lowest BCUT2D eigenvalue weighted by molar-refractivity contribution is 1.17. The fraction of sp³-hybridized carbons (Fsp3) is 0. The highest BCUT2D eigenvalue weighted by Crippen LogP contribution is 2.04. The highest BCUT2D eigenvalue weighted by Gasteiger charge is 1.88. The summed E-state index contributed by atoms with van der Waals surface area (Å²) in [4.78, 5) is 7.03. The molecule has 0 spiro atoms. The SMILES string of the molecule is [2H]c1cnc(Cl)nc1Cl. The number of aromatic nitrogens is 2. The van der Waals surface area contributed by atoms with Gasteiger partial charge in [-0.25, -0.2) is 9.97 Å². The predicted molar refractivity (Wildman–Crippen MR) is 32.1 cm³/mol. The largest absolute Gasteiger partial charge is 0.226 e. The van der Waals surface area contributed by atoms with E-state index >= 15 is 0 Å². The Hall–Kier alpha value is -0.340. The Bertz CT molecular complexity index is 228. The van der Waals surface area contributed by atoms with Crippen molar-refractivity contribution in [3.05, 3.63) is 22.7 Å². The van der Waals surface area contributed by atoms with Crippen molar-refractivity contribution in [2.75, 3.05) is 0 Å². The van der Waals surface area contributed by atoms with E-state index in [-0.39, 0.29) is 16.5 Å². The molecule has 0 fully saturated rings. The third-order valence-corrected chi connectivity index (χ3v) is 0.921. The lowest BCUT2D eigenvalue weighted by atomic mass is 10.7. The van der Waals surface area contributed by atoms with Crippen molar-refractivity contribution in [1.29, 1.82) is 0 Å². The molecule has 0 amide bonds. The molecule has 2 nitrogen and oxygen atoms in total. The second-order valence-electron chi connectivity index (χ2n) is 1.07. The Kier molecular flexibility index (Phi) is 1.29. The Balaban J connectivity index is 3.17. The van der Waals surface area contributed by atoms with Gasteiger partial charge in [-0.1, -0.05) is 11.6 Å². The second kappa shape index (κ2) is 2.29. The van der Waals surface area contributed by atoms with E-state index < -0.39 is 0 Å². The molecule has 8 heavy (non-hydrogen) atoms. The van der Waals surface area contributed by atoms with Crippen LogP contribution in [0, 0.1) is 0 Å². The summed E-state index contributed by atoms with van der Waals surface area (Å²) >= 11 is 10.7. The second-order valence-corrected chi connectivity index (χ2v) is 1.77. The van der Waals surface area contributed by atoms with Gasteiger partial charge in [0.2, 0.25) is 5.28 Å². The average molecular weight is 150 g/mol. The van der Waals surface area contributed by atoms with Gasteiger partial charge < -0.3 is 0 Å². The summed E-state index contributed by atoms with van der Waals surface area (Å²) in [5.41, 5.74) is 0. The van der Waals surface area contributed by atoms with Crippen LogP contribution < -0.4 is 0 Å². The van der Waals surface area contributed by atoms with Gasteiger partial charge in [-0.3, -0.25) is 0 Å². The number of rotatable bonds is 0. The number of nitrogens with zero attached hydrogens (tertiary/aromatic N) is 2. The normalized spacial score (nSPS) is 11.0. The standard InChI is InChI=1S/C4H2Cl2N2/c5-3-1-2-7-4(6)8-3/h1-2H/i1D. The van der Waals surface area contributed by atoms with E-state index in [2.05, 4.69) is 9.97 Å². The first kappa shape index (κ1) is 4.53. The van der Waals surface area contributed by atoms with E-state index in [1.54, 1.807) is 0 Å². The van der Waals surface area contributed by atoms with Crippen molar-refractivity contribution in [2.24, 2.45) is 0 Å². The van der Waals surface area contributed by atoms with Gasteiger partial charge in [-0.05, 0) is 17.6 Å². The minimum absolute atomic E-state index is 0.0657. The van der Waals surface area contributed by atoms with Crippen LogP contribution in [0.25, 0.3) is 0 Å². The van der Waals surface area contributed by atoms with Crippen LogP contribution in [0.15, 0.2) is 12.2 Å². The zero-order valence-corrected chi connectivity index (χ0v) is 5.24. The zero-order valence-electron chi connectivity index (χ0n) is 4.73. The molecule has 1 aromatic rings. The molecule has 0 unspecified atom stereocenters. The lowest BCUT2D eigenvalue weighted by Crippen LogP contribution is -1.77. The third kappa shape index (κ3) is 1.32. The van der Waals surface area contributed by atoms with Crippen LogP contribution in [-0.4, -0.2) is 9.97 Å². The van der Waals surface area contributed by atoms with Crippen molar-refractivity contribution >= 4 is 23.2 Å². The molecule has 0 atom stereocenters. The van der Waals surface area contributed by atoms with E-state index in [4.69, 9.17) is 24.6 Å². The third-order valence-electron chi connectivity index (χ3n) is 0.545. The average Bonchev–Trinajstić information content (AvgIpc) is 1.80. The van der Waals surface area contributed by atoms with E-state index in [0.717, 1.165) is 0 Å². The summed E-state index contributed by atoms with van der Waals surface area (Å²) < 4.78 is 7.00. The molecule has 1 heterocycles. The maximum absolute atomic E-state index is 7.00. The zero-order chi connectivity index (χ0) is 6.85. The molecule has 1 aromatic heterocycles. The van der Waals surface area contributed by atoms with Gasteiger partial charge in [0.05, 0.1) is 1.37 Å². The molecular formula is C4H2Cl2N2. The summed E-state index contributed by atoms with van der Waals surface area (Å²) in [5.74, 6) is 0. The predicted octanol–water partition coefficient (Wildman–Crippen LogP) is 1.78. The maximum atomic E-state index is 7.00. The highest BCUT2D eigenvalue weighted by molar-refractivity contribution is 6.31. The first-order chi connectivity index (χ1) is 4.20. The number of hydrogen-bond donors (Lipinski definition) is 0. The molecule has 4 heteroatoms. The van der Waals surface area contributed by atoms with Crippen LogP contribution >= 0.6 is 23.2 Å². The lowest BCUT2D eigenvalue weighted by Gasteiger charge is -1.85. The van der Waals surface area contributed by atoms with Crippen molar-refractivity contribution in [1.82, 2.24) is 9.97 Å². The molecule has 0 aliphatic rings. The molecule has 0 radical (unpaired) electrons. The van der Waals surface area contributed by atoms with E-state index in [0.29, 0.717) is 0 Å². The van der Waals surface area contributed by atoms with E-state index in [1.165, 1.54) is 6.20 Å². The van der Waals surface area contributed by atoms with Crippen LogP contribution in [0.2, 0.25) is 10.4 Å². The van der Waals surface area contributed by atoms with Crippen LogP contribution in [0.4, 0.5) is 0 Å². The first-order valence-corrected chi connectivity index (χ1v) is 2.60. The van der Waals surface area contributed by atoms with Crippen LogP contribution in [0.3, 0.4) is 0 Å². The number of hydrogen-bond acceptors (Lipinski definition) is 2. The molecule has 0 aliphatic carbocycles. The Morgan fingerprint density at radius 3 is 2.88 bits per heavy atom. The van der Waals surface area contributed by atoms with Gasteiger partial charge >= 0.3 is 0 Å². The van der Waals surface area contributed by atoms with Crippen molar-refractivity contribution in [3.63, 3.8) is 0 Å². The molecular weight excluding hydrogens is 147 g/mol. The van der Waals surface area contributed by atoms with Gasteiger partial charge in [0.1, 0.15) is 5.15 Å². The first-order valence-electron chi connectivity index (χ1n) is 2.35. The molecule has 0 aromatic carbocycles. The van der Waals surface area contributed by atoms with Crippen LogP contribution in [-0.2, 0) is 0 Å². The van der Waals surface area contributed by atoms with Crippen molar-refractivity contribution < 1.29 is 1.37 Å². The van der Waals surface area contributed by atoms with Crippen molar-refractivity contribution in [3.8, 4) is 0 Å². The summed E-state index contributed by atoms with van der Waals surface area (Å²) in [6, 6.07) is 0.0843. The van der Waals surface area contributed by atoms with Crippen LogP contribution in [0.1, 0.15) is 1.37 Å². The Morgan fingerprint density at radius 2 is 2.38 bits per heavy atom. The fourth-order valence-corrected chi connectivity index (χ4v) is 0.586. The van der Waals surface area contributed by atoms with Gasteiger partial charge in [0, 0.05) is 6.20 Å². The topological polar surface area (TPSA) is 25.8 Å². The van der Waals surface area contributed by atoms with Gasteiger partial charge in [0.15, 0.2) is 0 Å². The van der Waals surface area contributed by atoms with Gasteiger partial charge in [-0.15, -0.1) is 0 Å². The van der Waals surface area contributed by atoms with Gasteiger partial charge in [-0.2, -0.15) is 0 Å².